The summed E-state index contributed by atoms with van der Waals surface area (Å²) in [5.74, 6) is -0.892. The Morgan fingerprint density at radius 3 is 2.41 bits per heavy atom. The average molecular weight is 447 g/mol. The van der Waals surface area contributed by atoms with Crippen LogP contribution in [-0.2, 0) is 19.1 Å². The third-order valence-corrected chi connectivity index (χ3v) is 5.41. The summed E-state index contributed by atoms with van der Waals surface area (Å²) >= 11 is 0. The van der Waals surface area contributed by atoms with Crippen LogP contribution in [0.15, 0.2) is 29.8 Å². The quantitative estimate of drug-likeness (QED) is 0.389. The minimum atomic E-state index is -1.32. The highest BCUT2D eigenvalue weighted by Gasteiger charge is 2.44. The molecule has 1 aliphatic rings. The second-order valence-electron chi connectivity index (χ2n) is 9.50. The highest BCUT2D eigenvalue weighted by Crippen LogP contribution is 2.33. The molecule has 0 saturated carbocycles. The predicted octanol–water partition coefficient (Wildman–Crippen LogP) is 4.09. The molecule has 0 spiro atoms. The highest BCUT2D eigenvalue weighted by atomic mass is 16.6. The van der Waals surface area contributed by atoms with Crippen molar-refractivity contribution >= 4 is 24.0 Å². The van der Waals surface area contributed by atoms with E-state index in [1.165, 1.54) is 18.2 Å². The first-order valence-electron chi connectivity index (χ1n) is 11.1. The lowest BCUT2D eigenvalue weighted by atomic mass is 9.87. The molecule has 0 amide bonds. The van der Waals surface area contributed by atoms with Crippen LogP contribution in [0.25, 0.3) is 6.08 Å². The van der Waals surface area contributed by atoms with Crippen molar-refractivity contribution < 1.29 is 34.1 Å². The second kappa shape index (κ2) is 11.3. The van der Waals surface area contributed by atoms with E-state index < -0.39 is 24.1 Å². The average Bonchev–Trinajstić information content (AvgIpc) is 3.01. The van der Waals surface area contributed by atoms with Crippen LogP contribution in [0, 0.1) is 17.8 Å². The molecule has 176 valence electrons. The van der Waals surface area contributed by atoms with Crippen LogP contribution >= 0.6 is 0 Å². The van der Waals surface area contributed by atoms with Crippen molar-refractivity contribution in [3.63, 3.8) is 0 Å². The van der Waals surface area contributed by atoms with Gasteiger partial charge in [-0.25, -0.2) is 9.59 Å². The van der Waals surface area contributed by atoms with Gasteiger partial charge in [0.1, 0.15) is 6.61 Å². The maximum absolute atomic E-state index is 12.5. The van der Waals surface area contributed by atoms with Crippen LogP contribution in [-0.4, -0.2) is 46.9 Å². The summed E-state index contributed by atoms with van der Waals surface area (Å²) in [6.45, 7) is 7.78. The standard InChI is InChI=1S/C25H34O7/c1-16(2)8-19(9-17(3)4)12-22(27)31-15-25(14-26)13-21(24(30)32-25)11-18-6-5-7-20(10-18)23(28)29/h5-7,10-11,16-17,19,26H,8-9,12-15H2,1-4H3,(H,28,29)/b21-11+. The molecule has 0 bridgehead atoms. The summed E-state index contributed by atoms with van der Waals surface area (Å²) < 4.78 is 10.8. The Balaban J connectivity index is 2.04. The molecular formula is C25H34O7. The number of aromatic carboxylic acids is 1. The van der Waals surface area contributed by atoms with Crippen molar-refractivity contribution in [2.75, 3.05) is 13.2 Å². The number of aliphatic hydroxyl groups excluding tert-OH is 1. The van der Waals surface area contributed by atoms with Gasteiger partial charge in [-0.1, -0.05) is 39.8 Å². The Hall–Kier alpha value is -2.67. The van der Waals surface area contributed by atoms with E-state index in [9.17, 15) is 19.5 Å². The van der Waals surface area contributed by atoms with E-state index in [0.29, 0.717) is 17.4 Å². The largest absolute Gasteiger partial charge is 0.478 e. The molecule has 1 heterocycles. The molecule has 7 heteroatoms. The number of carboxylic acids is 1. The Labute approximate surface area is 189 Å². The first-order chi connectivity index (χ1) is 15.0. The van der Waals surface area contributed by atoms with Crippen molar-refractivity contribution in [3.8, 4) is 0 Å². The normalized spacial score (nSPS) is 19.8. The number of carbonyl (C=O) groups is 3. The molecule has 0 aromatic heterocycles. The van der Waals surface area contributed by atoms with Crippen LogP contribution in [0.4, 0.5) is 0 Å². The van der Waals surface area contributed by atoms with Crippen LogP contribution in [0.5, 0.6) is 0 Å². The number of benzene rings is 1. The molecule has 1 unspecified atom stereocenters. The first kappa shape index (κ1) is 25.6. The van der Waals surface area contributed by atoms with Crippen molar-refractivity contribution in [1.29, 1.82) is 0 Å². The van der Waals surface area contributed by atoms with Gasteiger partial charge in [0.2, 0.25) is 0 Å². The Morgan fingerprint density at radius 1 is 1.19 bits per heavy atom. The van der Waals surface area contributed by atoms with Gasteiger partial charge in [0, 0.05) is 18.4 Å². The van der Waals surface area contributed by atoms with Crippen LogP contribution in [0.1, 0.15) is 69.3 Å². The van der Waals surface area contributed by atoms with Gasteiger partial charge in [0.05, 0.1) is 12.2 Å². The Kier molecular flexibility index (Phi) is 9.01. The zero-order chi connectivity index (χ0) is 23.9. The van der Waals surface area contributed by atoms with E-state index in [-0.39, 0.29) is 42.5 Å². The fourth-order valence-corrected chi connectivity index (χ4v) is 4.11. The van der Waals surface area contributed by atoms with Crippen LogP contribution in [0.3, 0.4) is 0 Å². The molecule has 0 aliphatic carbocycles. The van der Waals surface area contributed by atoms with E-state index in [1.54, 1.807) is 12.1 Å². The summed E-state index contributed by atoms with van der Waals surface area (Å²) in [6, 6.07) is 6.17. The summed E-state index contributed by atoms with van der Waals surface area (Å²) in [5.41, 5.74) is -0.400. The number of ether oxygens (including phenoxy) is 2. The maximum Gasteiger partial charge on any atom is 0.335 e. The van der Waals surface area contributed by atoms with Gasteiger partial charge in [-0.3, -0.25) is 4.79 Å². The summed E-state index contributed by atoms with van der Waals surface area (Å²) in [6.07, 6.45) is 3.74. The number of rotatable bonds is 11. The molecule has 1 saturated heterocycles. The second-order valence-corrected chi connectivity index (χ2v) is 9.50. The van der Waals surface area contributed by atoms with Gasteiger partial charge in [-0.15, -0.1) is 0 Å². The first-order valence-corrected chi connectivity index (χ1v) is 11.1. The molecule has 1 aliphatic heterocycles. The molecule has 1 aromatic rings. The number of hydrogen-bond acceptors (Lipinski definition) is 6. The van der Waals surface area contributed by atoms with Crippen molar-refractivity contribution in [2.24, 2.45) is 17.8 Å². The topological polar surface area (TPSA) is 110 Å². The van der Waals surface area contributed by atoms with Gasteiger partial charge in [-0.05, 0) is 54.4 Å². The molecule has 1 atom stereocenters. The van der Waals surface area contributed by atoms with Crippen molar-refractivity contribution in [2.45, 2.75) is 59.0 Å². The number of carboxylic acid groups (broad SMARTS) is 1. The van der Waals surface area contributed by atoms with E-state index in [4.69, 9.17) is 14.6 Å². The lowest BCUT2D eigenvalue weighted by molar-refractivity contribution is -0.166. The minimum absolute atomic E-state index is 0.0638. The summed E-state index contributed by atoms with van der Waals surface area (Å²) in [7, 11) is 0. The minimum Gasteiger partial charge on any atom is -0.478 e. The van der Waals surface area contributed by atoms with Gasteiger partial charge >= 0.3 is 17.9 Å². The molecule has 0 radical (unpaired) electrons. The molecule has 32 heavy (non-hydrogen) atoms. The maximum atomic E-state index is 12.5. The zero-order valence-corrected chi connectivity index (χ0v) is 19.3. The molecule has 1 aromatic carbocycles. The van der Waals surface area contributed by atoms with Crippen molar-refractivity contribution in [3.05, 3.63) is 41.0 Å². The lowest BCUT2D eigenvalue weighted by Gasteiger charge is -2.25. The third kappa shape index (κ3) is 7.48. The highest BCUT2D eigenvalue weighted by molar-refractivity contribution is 5.97. The number of carbonyl (C=O) groups excluding carboxylic acids is 2. The van der Waals surface area contributed by atoms with Gasteiger partial charge in [0.25, 0.3) is 0 Å². The van der Waals surface area contributed by atoms with Gasteiger partial charge < -0.3 is 19.7 Å². The number of hydrogen-bond donors (Lipinski definition) is 2. The van der Waals surface area contributed by atoms with E-state index in [1.807, 2.05) is 0 Å². The summed E-state index contributed by atoms with van der Waals surface area (Å²) in [5, 5.41) is 19.0. The van der Waals surface area contributed by atoms with Gasteiger partial charge in [0.15, 0.2) is 5.60 Å². The molecule has 7 nitrogen and oxygen atoms in total. The lowest BCUT2D eigenvalue weighted by Crippen LogP contribution is -2.39. The molecular weight excluding hydrogens is 412 g/mol. The van der Waals surface area contributed by atoms with E-state index >= 15 is 0 Å². The Bertz CT molecular complexity index is 846. The number of esters is 2. The fourth-order valence-electron chi connectivity index (χ4n) is 4.11. The van der Waals surface area contributed by atoms with E-state index in [2.05, 4.69) is 27.7 Å². The Morgan fingerprint density at radius 2 is 1.84 bits per heavy atom. The van der Waals surface area contributed by atoms with Crippen LogP contribution < -0.4 is 0 Å². The van der Waals surface area contributed by atoms with Gasteiger partial charge in [-0.2, -0.15) is 0 Å². The zero-order valence-electron chi connectivity index (χ0n) is 19.3. The predicted molar refractivity (Wildman–Crippen MR) is 120 cm³/mol. The number of aliphatic hydroxyl groups is 1. The molecule has 1 fully saturated rings. The van der Waals surface area contributed by atoms with E-state index in [0.717, 1.165) is 12.8 Å². The SMILES string of the molecule is CC(C)CC(CC(=O)OCC1(CO)C/C(=C\c2cccc(C(=O)O)c2)C(=O)O1)CC(C)C. The monoisotopic (exact) mass is 446 g/mol. The molecule has 2 rings (SSSR count). The van der Waals surface area contributed by atoms with Crippen molar-refractivity contribution in [1.82, 2.24) is 0 Å². The smallest absolute Gasteiger partial charge is 0.335 e. The van der Waals surface area contributed by atoms with Crippen LogP contribution in [0.2, 0.25) is 0 Å². The fraction of sp³-hybridized carbons (Fsp3) is 0.560. The molecule has 2 N–H and O–H groups in total. The third-order valence-electron chi connectivity index (χ3n) is 5.41. The summed E-state index contributed by atoms with van der Waals surface area (Å²) in [4.78, 5) is 36.0. The number of cyclic esters (lactones) is 1.